The summed E-state index contributed by atoms with van der Waals surface area (Å²) in [4.78, 5) is 30.8. The fourth-order valence-corrected chi connectivity index (χ4v) is 3.98. The second-order valence-corrected chi connectivity index (χ2v) is 7.56. The molecule has 5 nitrogen and oxygen atoms in total. The van der Waals surface area contributed by atoms with Gasteiger partial charge < -0.3 is 10.2 Å². The molecule has 27 heavy (non-hydrogen) atoms. The van der Waals surface area contributed by atoms with Crippen molar-refractivity contribution >= 4 is 11.8 Å². The number of likely N-dealkylation sites (tertiary alicyclic amines) is 1. The molecule has 2 heterocycles. The SMILES string of the molecule is O=C(NCc1ccncc1)[C@@H]1C[C@@]12CCN(C(=O)Cc1ccc(F)cc1)C2. The van der Waals surface area contributed by atoms with Gasteiger partial charge in [-0.05, 0) is 48.2 Å². The van der Waals surface area contributed by atoms with E-state index in [1.807, 2.05) is 17.0 Å². The van der Waals surface area contributed by atoms with Gasteiger partial charge in [-0.3, -0.25) is 14.6 Å². The van der Waals surface area contributed by atoms with Gasteiger partial charge in [0.1, 0.15) is 5.82 Å². The maximum Gasteiger partial charge on any atom is 0.227 e. The zero-order valence-corrected chi connectivity index (χ0v) is 15.0. The number of rotatable bonds is 5. The molecule has 1 N–H and O–H groups in total. The first-order chi connectivity index (χ1) is 13.1. The van der Waals surface area contributed by atoms with Crippen molar-refractivity contribution in [3.05, 3.63) is 65.7 Å². The van der Waals surface area contributed by atoms with Gasteiger partial charge in [0, 0.05) is 43.4 Å². The van der Waals surface area contributed by atoms with E-state index in [1.165, 1.54) is 12.1 Å². The zero-order valence-electron chi connectivity index (χ0n) is 15.0. The maximum atomic E-state index is 13.0. The molecular weight excluding hydrogens is 345 g/mol. The molecule has 1 saturated carbocycles. The second-order valence-electron chi connectivity index (χ2n) is 7.56. The van der Waals surface area contributed by atoms with Crippen LogP contribution < -0.4 is 5.32 Å². The summed E-state index contributed by atoms with van der Waals surface area (Å²) in [5, 5.41) is 3.00. The Balaban J connectivity index is 1.28. The van der Waals surface area contributed by atoms with E-state index in [2.05, 4.69) is 10.3 Å². The van der Waals surface area contributed by atoms with E-state index in [1.54, 1.807) is 24.5 Å². The van der Waals surface area contributed by atoms with Crippen LogP contribution in [0.5, 0.6) is 0 Å². The normalized spacial score (nSPS) is 23.4. The Bertz CT molecular complexity index is 840. The molecule has 1 aliphatic carbocycles. The summed E-state index contributed by atoms with van der Waals surface area (Å²) in [6.45, 7) is 1.83. The number of carbonyl (C=O) groups is 2. The Morgan fingerprint density at radius 1 is 1.15 bits per heavy atom. The molecule has 6 heteroatoms. The lowest BCUT2D eigenvalue weighted by atomic mass is 10.0. The number of benzene rings is 1. The third-order valence-corrected chi connectivity index (χ3v) is 5.73. The van der Waals surface area contributed by atoms with Crippen LogP contribution in [0.25, 0.3) is 0 Å². The van der Waals surface area contributed by atoms with Gasteiger partial charge in [-0.25, -0.2) is 4.39 Å². The maximum absolute atomic E-state index is 13.0. The number of amides is 2. The molecule has 2 fully saturated rings. The van der Waals surface area contributed by atoms with Gasteiger partial charge in [-0.1, -0.05) is 12.1 Å². The van der Waals surface area contributed by atoms with E-state index in [9.17, 15) is 14.0 Å². The topological polar surface area (TPSA) is 62.3 Å². The Labute approximate surface area is 157 Å². The largest absolute Gasteiger partial charge is 0.352 e. The van der Waals surface area contributed by atoms with Crippen molar-refractivity contribution in [2.75, 3.05) is 13.1 Å². The molecule has 1 aromatic carbocycles. The molecule has 2 aromatic rings. The molecule has 2 aliphatic rings. The van der Waals surface area contributed by atoms with Crippen LogP contribution in [0.4, 0.5) is 4.39 Å². The highest BCUT2D eigenvalue weighted by Crippen LogP contribution is 2.58. The fourth-order valence-electron chi connectivity index (χ4n) is 3.98. The number of nitrogens with one attached hydrogen (secondary N) is 1. The lowest BCUT2D eigenvalue weighted by Gasteiger charge is -2.17. The molecule has 1 saturated heterocycles. The van der Waals surface area contributed by atoms with E-state index >= 15 is 0 Å². The van der Waals surface area contributed by atoms with Gasteiger partial charge in [-0.15, -0.1) is 0 Å². The van der Waals surface area contributed by atoms with Gasteiger partial charge in [0.05, 0.1) is 6.42 Å². The Morgan fingerprint density at radius 3 is 2.63 bits per heavy atom. The Kier molecular flexibility index (Phi) is 4.64. The number of halogens is 1. The molecule has 1 aliphatic heterocycles. The molecule has 2 atom stereocenters. The van der Waals surface area contributed by atoms with Crippen molar-refractivity contribution < 1.29 is 14.0 Å². The van der Waals surface area contributed by atoms with E-state index < -0.39 is 0 Å². The first-order valence-electron chi connectivity index (χ1n) is 9.25. The van der Waals surface area contributed by atoms with Crippen molar-refractivity contribution in [3.63, 3.8) is 0 Å². The van der Waals surface area contributed by atoms with Crippen LogP contribution in [-0.2, 0) is 22.6 Å². The van der Waals surface area contributed by atoms with Gasteiger partial charge in [-0.2, -0.15) is 0 Å². The standard InChI is InChI=1S/C21H22FN3O2/c22-17-3-1-15(2-4-17)11-19(26)25-10-7-21(14-25)12-18(21)20(27)24-13-16-5-8-23-9-6-16/h1-6,8-9,18H,7,10-14H2,(H,24,27)/t18-,21+/m0/s1. The fraction of sp³-hybridized carbons (Fsp3) is 0.381. The van der Waals surface area contributed by atoms with Gasteiger partial charge in [0.25, 0.3) is 0 Å². The van der Waals surface area contributed by atoms with Crippen molar-refractivity contribution in [1.29, 1.82) is 0 Å². The summed E-state index contributed by atoms with van der Waals surface area (Å²) in [7, 11) is 0. The Hall–Kier alpha value is -2.76. The van der Waals surface area contributed by atoms with Crippen LogP contribution in [-0.4, -0.2) is 34.8 Å². The predicted molar refractivity (Wildman–Crippen MR) is 97.9 cm³/mol. The summed E-state index contributed by atoms with van der Waals surface area (Å²) in [5.74, 6) is -0.200. The highest BCUT2D eigenvalue weighted by molar-refractivity contribution is 5.84. The molecule has 1 spiro atoms. The third-order valence-electron chi connectivity index (χ3n) is 5.73. The highest BCUT2D eigenvalue weighted by atomic mass is 19.1. The number of hydrogen-bond acceptors (Lipinski definition) is 3. The molecule has 0 unspecified atom stereocenters. The molecule has 0 radical (unpaired) electrons. The summed E-state index contributed by atoms with van der Waals surface area (Å²) in [6.07, 6.45) is 5.41. The number of nitrogens with zero attached hydrogens (tertiary/aromatic N) is 2. The lowest BCUT2D eigenvalue weighted by Crippen LogP contribution is -2.32. The van der Waals surface area contributed by atoms with Gasteiger partial charge in [0.15, 0.2) is 0 Å². The summed E-state index contributed by atoms with van der Waals surface area (Å²) in [6, 6.07) is 9.80. The molecule has 1 aromatic heterocycles. The lowest BCUT2D eigenvalue weighted by molar-refractivity contribution is -0.130. The van der Waals surface area contributed by atoms with E-state index in [-0.39, 0.29) is 35.4 Å². The molecule has 0 bridgehead atoms. The number of aromatic nitrogens is 1. The predicted octanol–water partition coefficient (Wildman–Crippen LogP) is 2.32. The smallest absolute Gasteiger partial charge is 0.227 e. The zero-order chi connectivity index (χ0) is 18.9. The average molecular weight is 367 g/mol. The van der Waals surface area contributed by atoms with Crippen molar-refractivity contribution in [1.82, 2.24) is 15.2 Å². The van der Waals surface area contributed by atoms with Crippen molar-refractivity contribution in [3.8, 4) is 0 Å². The minimum absolute atomic E-state index is 0.0111. The van der Waals surface area contributed by atoms with E-state index in [4.69, 9.17) is 0 Å². The first-order valence-corrected chi connectivity index (χ1v) is 9.25. The summed E-state index contributed by atoms with van der Waals surface area (Å²) in [5.41, 5.74) is 1.78. The van der Waals surface area contributed by atoms with Crippen LogP contribution in [0.1, 0.15) is 24.0 Å². The summed E-state index contributed by atoms with van der Waals surface area (Å²) < 4.78 is 13.0. The molecule has 2 amide bonds. The molecule has 140 valence electrons. The monoisotopic (exact) mass is 367 g/mol. The third kappa shape index (κ3) is 3.84. The second kappa shape index (κ2) is 7.10. The minimum Gasteiger partial charge on any atom is -0.352 e. The van der Waals surface area contributed by atoms with Crippen LogP contribution in [0.15, 0.2) is 48.8 Å². The van der Waals surface area contributed by atoms with E-state index in [0.29, 0.717) is 19.6 Å². The number of hydrogen-bond donors (Lipinski definition) is 1. The first kappa shape index (κ1) is 17.6. The van der Waals surface area contributed by atoms with E-state index in [0.717, 1.165) is 24.0 Å². The quantitative estimate of drug-likeness (QED) is 0.882. The number of carbonyl (C=O) groups excluding carboxylic acids is 2. The molecule has 4 rings (SSSR count). The summed E-state index contributed by atoms with van der Waals surface area (Å²) >= 11 is 0. The average Bonchev–Trinajstić information content (AvgIpc) is 3.22. The van der Waals surface area contributed by atoms with Crippen molar-refractivity contribution in [2.24, 2.45) is 11.3 Å². The van der Waals surface area contributed by atoms with Gasteiger partial charge >= 0.3 is 0 Å². The van der Waals surface area contributed by atoms with Crippen LogP contribution in [0.3, 0.4) is 0 Å². The minimum atomic E-state index is -0.301. The Morgan fingerprint density at radius 2 is 1.89 bits per heavy atom. The van der Waals surface area contributed by atoms with Crippen molar-refractivity contribution in [2.45, 2.75) is 25.8 Å². The number of pyridine rings is 1. The highest BCUT2D eigenvalue weighted by Gasteiger charge is 2.61. The van der Waals surface area contributed by atoms with Crippen LogP contribution >= 0.6 is 0 Å². The molecular formula is C21H22FN3O2. The van der Waals surface area contributed by atoms with Crippen LogP contribution in [0, 0.1) is 17.2 Å². The van der Waals surface area contributed by atoms with Gasteiger partial charge in [0.2, 0.25) is 11.8 Å². The van der Waals surface area contributed by atoms with Crippen LogP contribution in [0.2, 0.25) is 0 Å².